The number of ether oxygens (including phenoxy) is 3. The average Bonchev–Trinajstić information content (AvgIpc) is 2.82. The van der Waals surface area contributed by atoms with Gasteiger partial charge in [0.2, 0.25) is 0 Å². The standard InChI is InChI=1S/C24H18F3N3O4/c1-32-21-11-16-19(12-22(21)33-2)28-8-7-20(16)34-15-5-3-14(4-6-15)29-24(31)30-23-17(26)9-13(25)10-18(23)27/h3-12H,1-2H3,(H2,29,30,31). The minimum Gasteiger partial charge on any atom is -0.493 e. The highest BCUT2D eigenvalue weighted by atomic mass is 19.1. The average molecular weight is 469 g/mol. The van der Waals surface area contributed by atoms with Crippen LogP contribution in [-0.4, -0.2) is 25.2 Å². The molecule has 0 atom stereocenters. The van der Waals surface area contributed by atoms with Crippen molar-refractivity contribution in [2.24, 2.45) is 0 Å². The summed E-state index contributed by atoms with van der Waals surface area (Å²) < 4.78 is 57.0. The molecule has 0 aliphatic heterocycles. The number of rotatable bonds is 6. The smallest absolute Gasteiger partial charge is 0.323 e. The van der Waals surface area contributed by atoms with E-state index in [-0.39, 0.29) is 0 Å². The lowest BCUT2D eigenvalue weighted by atomic mass is 10.2. The van der Waals surface area contributed by atoms with Crippen LogP contribution in [0.25, 0.3) is 10.9 Å². The van der Waals surface area contributed by atoms with Crippen molar-refractivity contribution in [2.45, 2.75) is 0 Å². The van der Waals surface area contributed by atoms with Crippen LogP contribution in [0.4, 0.5) is 29.3 Å². The highest BCUT2D eigenvalue weighted by Gasteiger charge is 2.15. The van der Waals surface area contributed by atoms with Crippen LogP contribution in [0.1, 0.15) is 0 Å². The number of methoxy groups -OCH3 is 2. The summed E-state index contributed by atoms with van der Waals surface area (Å²) in [5, 5.41) is 5.16. The summed E-state index contributed by atoms with van der Waals surface area (Å²) in [5.74, 6) is -1.50. The van der Waals surface area contributed by atoms with Crippen molar-refractivity contribution in [3.05, 3.63) is 78.2 Å². The molecule has 0 aliphatic rings. The molecule has 0 spiro atoms. The maximum Gasteiger partial charge on any atom is 0.323 e. The van der Waals surface area contributed by atoms with E-state index in [0.717, 1.165) is 0 Å². The zero-order chi connectivity index (χ0) is 24.2. The number of benzene rings is 3. The van der Waals surface area contributed by atoms with Crippen LogP contribution in [0, 0.1) is 17.5 Å². The molecule has 174 valence electrons. The van der Waals surface area contributed by atoms with Gasteiger partial charge in [0, 0.05) is 35.5 Å². The van der Waals surface area contributed by atoms with Crippen molar-refractivity contribution in [1.29, 1.82) is 0 Å². The summed E-state index contributed by atoms with van der Waals surface area (Å²) in [6.45, 7) is 0. The predicted molar refractivity (Wildman–Crippen MR) is 120 cm³/mol. The van der Waals surface area contributed by atoms with Gasteiger partial charge in [0.1, 0.15) is 23.0 Å². The first-order chi connectivity index (χ1) is 16.4. The van der Waals surface area contributed by atoms with E-state index in [9.17, 15) is 18.0 Å². The summed E-state index contributed by atoms with van der Waals surface area (Å²) in [5.41, 5.74) is 0.222. The van der Waals surface area contributed by atoms with Crippen molar-refractivity contribution in [3.63, 3.8) is 0 Å². The second-order valence-corrected chi connectivity index (χ2v) is 6.98. The number of nitrogens with one attached hydrogen (secondary N) is 2. The Morgan fingerprint density at radius 2 is 1.47 bits per heavy atom. The number of amides is 2. The second kappa shape index (κ2) is 9.57. The highest BCUT2D eigenvalue weighted by Crippen LogP contribution is 2.37. The van der Waals surface area contributed by atoms with Gasteiger partial charge in [-0.05, 0) is 36.4 Å². The molecule has 0 saturated heterocycles. The molecule has 2 N–H and O–H groups in total. The Labute approximate surface area is 192 Å². The zero-order valence-corrected chi connectivity index (χ0v) is 18.0. The van der Waals surface area contributed by atoms with Crippen molar-refractivity contribution in [1.82, 2.24) is 4.98 Å². The van der Waals surface area contributed by atoms with E-state index in [1.807, 2.05) is 5.32 Å². The minimum atomic E-state index is -1.23. The van der Waals surface area contributed by atoms with Crippen LogP contribution >= 0.6 is 0 Å². The van der Waals surface area contributed by atoms with E-state index < -0.39 is 29.2 Å². The van der Waals surface area contributed by atoms with Crippen molar-refractivity contribution in [2.75, 3.05) is 24.9 Å². The van der Waals surface area contributed by atoms with Crippen LogP contribution in [0.15, 0.2) is 60.8 Å². The number of aromatic nitrogens is 1. The third kappa shape index (κ3) is 4.80. The van der Waals surface area contributed by atoms with Crippen LogP contribution < -0.4 is 24.8 Å². The normalized spacial score (nSPS) is 10.6. The molecule has 1 aromatic heterocycles. The lowest BCUT2D eigenvalue weighted by Gasteiger charge is -2.13. The molecular weight excluding hydrogens is 451 g/mol. The third-order valence-corrected chi connectivity index (χ3v) is 4.79. The topological polar surface area (TPSA) is 81.7 Å². The number of hydrogen-bond donors (Lipinski definition) is 2. The number of fused-ring (bicyclic) bond motifs is 1. The van der Waals surface area contributed by atoms with Gasteiger partial charge >= 0.3 is 6.03 Å². The molecule has 2 amide bonds. The SMILES string of the molecule is COc1cc2nccc(Oc3ccc(NC(=O)Nc4c(F)cc(F)cc4F)cc3)c2cc1OC. The summed E-state index contributed by atoms with van der Waals surface area (Å²) in [6, 6.07) is 11.5. The first-order valence-electron chi connectivity index (χ1n) is 9.89. The monoisotopic (exact) mass is 469 g/mol. The molecule has 0 bridgehead atoms. The molecule has 0 saturated carbocycles. The zero-order valence-electron chi connectivity index (χ0n) is 18.0. The highest BCUT2D eigenvalue weighted by molar-refractivity contribution is 6.00. The van der Waals surface area contributed by atoms with Crippen molar-refractivity contribution >= 4 is 28.3 Å². The van der Waals surface area contributed by atoms with E-state index in [1.165, 1.54) is 14.2 Å². The summed E-state index contributed by atoms with van der Waals surface area (Å²) in [4.78, 5) is 16.4. The molecule has 0 radical (unpaired) electrons. The van der Waals surface area contributed by atoms with Gasteiger partial charge in [-0.1, -0.05) is 0 Å². The van der Waals surface area contributed by atoms with Crippen LogP contribution in [0.3, 0.4) is 0 Å². The number of anilines is 2. The molecule has 4 aromatic rings. The van der Waals surface area contributed by atoms with Crippen LogP contribution in [0.2, 0.25) is 0 Å². The molecule has 34 heavy (non-hydrogen) atoms. The fraction of sp³-hybridized carbons (Fsp3) is 0.0833. The Kier molecular flexibility index (Phi) is 6.39. The summed E-state index contributed by atoms with van der Waals surface area (Å²) >= 11 is 0. The number of halogens is 3. The van der Waals surface area contributed by atoms with Gasteiger partial charge in [-0.3, -0.25) is 4.98 Å². The Morgan fingerprint density at radius 1 is 0.824 bits per heavy atom. The van der Waals surface area contributed by atoms with Crippen molar-refractivity contribution < 1.29 is 32.2 Å². The van der Waals surface area contributed by atoms with Gasteiger partial charge in [0.05, 0.1) is 19.7 Å². The first kappa shape index (κ1) is 22.7. The Bertz CT molecular complexity index is 1340. The first-order valence-corrected chi connectivity index (χ1v) is 9.89. The predicted octanol–water partition coefficient (Wildman–Crippen LogP) is 6.11. The van der Waals surface area contributed by atoms with Gasteiger partial charge < -0.3 is 24.8 Å². The number of pyridine rings is 1. The largest absolute Gasteiger partial charge is 0.493 e. The van der Waals surface area contributed by atoms with E-state index in [0.29, 0.717) is 51.7 Å². The molecule has 0 aliphatic carbocycles. The molecule has 1 heterocycles. The molecular formula is C24H18F3N3O4. The minimum absolute atomic E-state index is 0.332. The third-order valence-electron chi connectivity index (χ3n) is 4.79. The molecule has 0 unspecified atom stereocenters. The molecule has 3 aromatic carbocycles. The fourth-order valence-electron chi connectivity index (χ4n) is 3.21. The van der Waals surface area contributed by atoms with Gasteiger partial charge in [0.25, 0.3) is 0 Å². The quantitative estimate of drug-likeness (QED) is 0.356. The molecule has 0 fully saturated rings. The number of urea groups is 1. The summed E-state index contributed by atoms with van der Waals surface area (Å²) in [7, 11) is 3.06. The van der Waals surface area contributed by atoms with E-state index in [2.05, 4.69) is 10.3 Å². The van der Waals surface area contributed by atoms with Crippen LogP contribution in [-0.2, 0) is 0 Å². The number of carbonyl (C=O) groups is 1. The maximum atomic E-state index is 13.7. The van der Waals surface area contributed by atoms with E-state index in [4.69, 9.17) is 14.2 Å². The number of carbonyl (C=O) groups excluding carboxylic acids is 1. The van der Waals surface area contributed by atoms with Crippen molar-refractivity contribution in [3.8, 4) is 23.0 Å². The Morgan fingerprint density at radius 3 is 2.12 bits per heavy atom. The van der Waals surface area contributed by atoms with Gasteiger partial charge in [-0.2, -0.15) is 0 Å². The Hall–Kier alpha value is -4.47. The maximum absolute atomic E-state index is 13.7. The molecule has 4 rings (SSSR count). The van der Waals surface area contributed by atoms with E-state index in [1.54, 1.807) is 48.7 Å². The number of hydrogen-bond acceptors (Lipinski definition) is 5. The second-order valence-electron chi connectivity index (χ2n) is 6.98. The van der Waals surface area contributed by atoms with Gasteiger partial charge in [-0.25, -0.2) is 18.0 Å². The molecule has 10 heteroatoms. The lowest BCUT2D eigenvalue weighted by molar-refractivity contribution is 0.262. The Balaban J connectivity index is 1.48. The lowest BCUT2D eigenvalue weighted by Crippen LogP contribution is -2.21. The fourth-order valence-corrected chi connectivity index (χ4v) is 3.21. The van der Waals surface area contributed by atoms with Gasteiger partial charge in [0.15, 0.2) is 23.1 Å². The van der Waals surface area contributed by atoms with E-state index >= 15 is 0 Å². The number of nitrogens with zero attached hydrogens (tertiary/aromatic N) is 1. The van der Waals surface area contributed by atoms with Gasteiger partial charge in [-0.15, -0.1) is 0 Å². The van der Waals surface area contributed by atoms with Crippen LogP contribution in [0.5, 0.6) is 23.0 Å². The molecule has 7 nitrogen and oxygen atoms in total. The summed E-state index contributed by atoms with van der Waals surface area (Å²) in [6.07, 6.45) is 1.59.